The summed E-state index contributed by atoms with van der Waals surface area (Å²) in [7, 11) is 0. The zero-order chi connectivity index (χ0) is 18.6. The molecular formula is C20H27N5O2. The Morgan fingerprint density at radius 2 is 2.07 bits per heavy atom. The Morgan fingerprint density at radius 1 is 1.22 bits per heavy atom. The molecule has 0 aliphatic carbocycles. The molecule has 0 bridgehead atoms. The van der Waals surface area contributed by atoms with Crippen LogP contribution < -0.4 is 0 Å². The molecule has 0 N–H and O–H groups in total. The van der Waals surface area contributed by atoms with Gasteiger partial charge in [0.1, 0.15) is 6.33 Å². The summed E-state index contributed by atoms with van der Waals surface area (Å²) in [5.74, 6) is 1.25. The SMILES string of the molecule is Cc1cc(-c2cncnc2C2CCCN(CC(=O)N3CCCCC3)C2)on1. The molecule has 27 heavy (non-hydrogen) atoms. The molecule has 2 aromatic rings. The first-order valence-corrected chi connectivity index (χ1v) is 9.94. The van der Waals surface area contributed by atoms with Crippen LogP contribution in [0.4, 0.5) is 0 Å². The van der Waals surface area contributed by atoms with E-state index >= 15 is 0 Å². The van der Waals surface area contributed by atoms with E-state index in [0.717, 1.165) is 68.8 Å². The fraction of sp³-hybridized carbons (Fsp3) is 0.600. The minimum absolute atomic E-state index is 0.268. The van der Waals surface area contributed by atoms with E-state index in [0.29, 0.717) is 12.3 Å². The van der Waals surface area contributed by atoms with E-state index in [-0.39, 0.29) is 11.8 Å². The highest BCUT2D eigenvalue weighted by molar-refractivity contribution is 5.78. The van der Waals surface area contributed by atoms with Gasteiger partial charge in [0, 0.05) is 37.8 Å². The molecule has 1 unspecified atom stereocenters. The van der Waals surface area contributed by atoms with Gasteiger partial charge < -0.3 is 9.42 Å². The molecule has 0 radical (unpaired) electrons. The van der Waals surface area contributed by atoms with Crippen LogP contribution in [0.25, 0.3) is 11.3 Å². The third-order valence-electron chi connectivity index (χ3n) is 5.60. The van der Waals surface area contributed by atoms with E-state index in [4.69, 9.17) is 4.52 Å². The molecule has 2 aliphatic rings. The van der Waals surface area contributed by atoms with Crippen molar-refractivity contribution in [3.8, 4) is 11.3 Å². The number of hydrogen-bond acceptors (Lipinski definition) is 6. The minimum atomic E-state index is 0.268. The van der Waals surface area contributed by atoms with Crippen LogP contribution in [0.5, 0.6) is 0 Å². The molecule has 1 atom stereocenters. The van der Waals surface area contributed by atoms with Gasteiger partial charge in [-0.05, 0) is 45.6 Å². The number of amides is 1. The number of aromatic nitrogens is 3. The Bertz CT molecular complexity index is 784. The second-order valence-corrected chi connectivity index (χ2v) is 7.67. The average molecular weight is 369 g/mol. The first-order chi connectivity index (χ1) is 13.2. The van der Waals surface area contributed by atoms with Gasteiger partial charge in [-0.15, -0.1) is 0 Å². The topological polar surface area (TPSA) is 75.4 Å². The molecule has 2 aliphatic heterocycles. The lowest BCUT2D eigenvalue weighted by Gasteiger charge is -2.34. The van der Waals surface area contributed by atoms with Gasteiger partial charge in [-0.25, -0.2) is 9.97 Å². The van der Waals surface area contributed by atoms with Crippen molar-refractivity contribution in [1.82, 2.24) is 24.9 Å². The van der Waals surface area contributed by atoms with Crippen molar-refractivity contribution in [2.24, 2.45) is 0 Å². The van der Waals surface area contributed by atoms with Gasteiger partial charge in [-0.3, -0.25) is 9.69 Å². The molecular weight excluding hydrogens is 342 g/mol. The largest absolute Gasteiger partial charge is 0.356 e. The summed E-state index contributed by atoms with van der Waals surface area (Å²) in [6.07, 6.45) is 9.04. The fourth-order valence-electron chi connectivity index (χ4n) is 4.20. The highest BCUT2D eigenvalue weighted by Crippen LogP contribution is 2.32. The number of carbonyl (C=O) groups excluding carboxylic acids is 1. The second kappa shape index (κ2) is 8.17. The summed E-state index contributed by atoms with van der Waals surface area (Å²) in [5, 5.41) is 3.99. The van der Waals surface area contributed by atoms with Crippen molar-refractivity contribution in [1.29, 1.82) is 0 Å². The fourth-order valence-corrected chi connectivity index (χ4v) is 4.20. The summed E-state index contributed by atoms with van der Waals surface area (Å²) in [4.78, 5) is 25.7. The van der Waals surface area contributed by atoms with Crippen molar-refractivity contribution in [2.45, 2.75) is 44.9 Å². The van der Waals surface area contributed by atoms with Crippen LogP contribution in [-0.4, -0.2) is 63.6 Å². The lowest BCUT2D eigenvalue weighted by Crippen LogP contribution is -2.45. The Morgan fingerprint density at radius 3 is 2.85 bits per heavy atom. The van der Waals surface area contributed by atoms with Crippen molar-refractivity contribution in [3.05, 3.63) is 30.0 Å². The summed E-state index contributed by atoms with van der Waals surface area (Å²) in [6, 6.07) is 1.92. The maximum atomic E-state index is 12.6. The smallest absolute Gasteiger partial charge is 0.236 e. The standard InChI is InChI=1S/C20H27N5O2/c1-15-10-18(27-23-15)17-11-21-14-22-20(17)16-6-5-7-24(12-16)13-19(26)25-8-3-2-4-9-25/h10-11,14,16H,2-9,12-13H2,1H3. The summed E-state index contributed by atoms with van der Waals surface area (Å²) in [5.41, 5.74) is 2.75. The number of hydrogen-bond donors (Lipinski definition) is 0. The van der Waals surface area contributed by atoms with Crippen LogP contribution in [0.15, 0.2) is 23.1 Å². The predicted octanol–water partition coefficient (Wildman–Crippen LogP) is 2.63. The highest BCUT2D eigenvalue weighted by atomic mass is 16.5. The van der Waals surface area contributed by atoms with E-state index in [1.54, 1.807) is 12.5 Å². The average Bonchev–Trinajstić information content (AvgIpc) is 3.15. The molecule has 0 aromatic carbocycles. The Labute approximate surface area is 159 Å². The maximum Gasteiger partial charge on any atom is 0.236 e. The molecule has 2 saturated heterocycles. The molecule has 4 heterocycles. The monoisotopic (exact) mass is 369 g/mol. The molecule has 0 spiro atoms. The predicted molar refractivity (Wildman–Crippen MR) is 101 cm³/mol. The van der Waals surface area contributed by atoms with Gasteiger partial charge in [0.25, 0.3) is 0 Å². The number of aryl methyl sites for hydroxylation is 1. The van der Waals surface area contributed by atoms with Gasteiger partial charge in [-0.1, -0.05) is 5.16 Å². The summed E-state index contributed by atoms with van der Waals surface area (Å²) < 4.78 is 5.45. The number of nitrogens with zero attached hydrogens (tertiary/aromatic N) is 5. The van der Waals surface area contributed by atoms with Gasteiger partial charge in [0.05, 0.1) is 23.5 Å². The van der Waals surface area contributed by atoms with E-state index in [1.807, 2.05) is 17.9 Å². The van der Waals surface area contributed by atoms with Crippen LogP contribution in [0, 0.1) is 6.92 Å². The van der Waals surface area contributed by atoms with Crippen LogP contribution in [0.1, 0.15) is 49.4 Å². The molecule has 7 nitrogen and oxygen atoms in total. The van der Waals surface area contributed by atoms with E-state index in [1.165, 1.54) is 6.42 Å². The number of carbonyl (C=O) groups is 1. The van der Waals surface area contributed by atoms with Gasteiger partial charge in [0.2, 0.25) is 5.91 Å². The van der Waals surface area contributed by atoms with Crippen molar-refractivity contribution in [2.75, 3.05) is 32.7 Å². The van der Waals surface area contributed by atoms with Crippen LogP contribution in [0.2, 0.25) is 0 Å². The zero-order valence-electron chi connectivity index (χ0n) is 15.9. The third-order valence-corrected chi connectivity index (χ3v) is 5.60. The normalized spacial score (nSPS) is 21.4. The number of likely N-dealkylation sites (tertiary alicyclic amines) is 2. The van der Waals surface area contributed by atoms with Crippen molar-refractivity contribution < 1.29 is 9.32 Å². The lowest BCUT2D eigenvalue weighted by molar-refractivity contribution is -0.133. The van der Waals surface area contributed by atoms with Gasteiger partial charge in [-0.2, -0.15) is 0 Å². The zero-order valence-corrected chi connectivity index (χ0v) is 15.9. The second-order valence-electron chi connectivity index (χ2n) is 7.67. The molecule has 7 heteroatoms. The van der Waals surface area contributed by atoms with Crippen LogP contribution in [0.3, 0.4) is 0 Å². The van der Waals surface area contributed by atoms with Crippen LogP contribution in [-0.2, 0) is 4.79 Å². The molecule has 4 rings (SSSR count). The van der Waals surface area contributed by atoms with E-state index in [9.17, 15) is 4.79 Å². The third kappa shape index (κ3) is 4.18. The molecule has 144 valence electrons. The molecule has 2 fully saturated rings. The first kappa shape index (κ1) is 18.1. The number of rotatable bonds is 4. The van der Waals surface area contributed by atoms with Crippen molar-refractivity contribution >= 4 is 5.91 Å². The lowest BCUT2D eigenvalue weighted by atomic mass is 9.91. The molecule has 1 amide bonds. The van der Waals surface area contributed by atoms with Crippen LogP contribution >= 0.6 is 0 Å². The summed E-state index contributed by atoms with van der Waals surface area (Å²) in [6.45, 7) is 6.06. The Kier molecular flexibility index (Phi) is 5.48. The molecule has 0 saturated carbocycles. The Hall–Kier alpha value is -2.28. The minimum Gasteiger partial charge on any atom is -0.356 e. The van der Waals surface area contributed by atoms with E-state index < -0.39 is 0 Å². The highest BCUT2D eigenvalue weighted by Gasteiger charge is 2.28. The quantitative estimate of drug-likeness (QED) is 0.825. The first-order valence-electron chi connectivity index (χ1n) is 9.94. The number of piperidine rings is 2. The van der Waals surface area contributed by atoms with Gasteiger partial charge >= 0.3 is 0 Å². The molecule has 2 aromatic heterocycles. The van der Waals surface area contributed by atoms with E-state index in [2.05, 4.69) is 20.0 Å². The summed E-state index contributed by atoms with van der Waals surface area (Å²) >= 11 is 0. The van der Waals surface area contributed by atoms with Crippen molar-refractivity contribution in [3.63, 3.8) is 0 Å². The Balaban J connectivity index is 1.46. The van der Waals surface area contributed by atoms with Gasteiger partial charge in [0.15, 0.2) is 5.76 Å². The maximum absolute atomic E-state index is 12.6.